The van der Waals surface area contributed by atoms with E-state index in [1.807, 2.05) is 19.2 Å². The summed E-state index contributed by atoms with van der Waals surface area (Å²) in [5.74, 6) is 0.958. The first kappa shape index (κ1) is 10.8. The first-order valence-electron chi connectivity index (χ1n) is 5.97. The fourth-order valence-corrected chi connectivity index (χ4v) is 2.28. The molecular formula is C14H13N3O. The molecule has 0 radical (unpaired) electrons. The van der Waals surface area contributed by atoms with Crippen LogP contribution in [0.1, 0.15) is 17.7 Å². The molecule has 1 aliphatic rings. The van der Waals surface area contributed by atoms with E-state index < -0.39 is 0 Å². The van der Waals surface area contributed by atoms with Gasteiger partial charge in [0, 0.05) is 12.6 Å². The first-order valence-corrected chi connectivity index (χ1v) is 5.97. The molecule has 18 heavy (non-hydrogen) atoms. The Morgan fingerprint density at radius 2 is 2.33 bits per heavy atom. The molecule has 1 aromatic heterocycles. The zero-order valence-corrected chi connectivity index (χ0v) is 10.2. The van der Waals surface area contributed by atoms with Gasteiger partial charge in [0.25, 0.3) is 0 Å². The lowest BCUT2D eigenvalue weighted by atomic mass is 10.0. The SMILES string of the molecule is Cn1cnc(-c2ccc3c(c2)CCCO3)c1C#N. The van der Waals surface area contributed by atoms with Crippen molar-refractivity contribution in [2.24, 2.45) is 7.05 Å². The van der Waals surface area contributed by atoms with Crippen LogP contribution in [0.5, 0.6) is 5.75 Å². The average Bonchev–Trinajstić information content (AvgIpc) is 2.79. The molecule has 2 aromatic rings. The maximum atomic E-state index is 9.15. The van der Waals surface area contributed by atoms with Gasteiger partial charge in [0.15, 0.2) is 0 Å². The summed E-state index contributed by atoms with van der Waals surface area (Å²) >= 11 is 0. The topological polar surface area (TPSA) is 50.8 Å². The Labute approximate surface area is 105 Å². The van der Waals surface area contributed by atoms with Gasteiger partial charge in [-0.3, -0.25) is 0 Å². The highest BCUT2D eigenvalue weighted by molar-refractivity contribution is 5.67. The van der Waals surface area contributed by atoms with Crippen LogP contribution in [0.3, 0.4) is 0 Å². The third-order valence-electron chi connectivity index (χ3n) is 3.22. The van der Waals surface area contributed by atoms with E-state index in [1.165, 1.54) is 5.56 Å². The van der Waals surface area contributed by atoms with Crippen molar-refractivity contribution in [1.82, 2.24) is 9.55 Å². The predicted octanol–water partition coefficient (Wildman–Crippen LogP) is 2.28. The molecule has 0 unspecified atom stereocenters. The quantitative estimate of drug-likeness (QED) is 0.767. The Morgan fingerprint density at radius 1 is 1.44 bits per heavy atom. The van der Waals surface area contributed by atoms with Gasteiger partial charge in [0.1, 0.15) is 23.2 Å². The Morgan fingerprint density at radius 3 is 3.17 bits per heavy atom. The van der Waals surface area contributed by atoms with E-state index in [1.54, 1.807) is 10.9 Å². The summed E-state index contributed by atoms with van der Waals surface area (Å²) < 4.78 is 7.33. The van der Waals surface area contributed by atoms with Crippen molar-refractivity contribution in [3.05, 3.63) is 35.8 Å². The van der Waals surface area contributed by atoms with E-state index >= 15 is 0 Å². The van der Waals surface area contributed by atoms with Crippen LogP contribution < -0.4 is 4.74 Å². The van der Waals surface area contributed by atoms with Gasteiger partial charge in [0.05, 0.1) is 12.9 Å². The van der Waals surface area contributed by atoms with Crippen LogP contribution in [-0.2, 0) is 13.5 Å². The Balaban J connectivity index is 2.10. The molecule has 0 N–H and O–H groups in total. The minimum atomic E-state index is 0.590. The van der Waals surface area contributed by atoms with Crippen LogP contribution in [-0.4, -0.2) is 16.2 Å². The van der Waals surface area contributed by atoms with Gasteiger partial charge in [-0.2, -0.15) is 5.26 Å². The summed E-state index contributed by atoms with van der Waals surface area (Å²) in [6.07, 6.45) is 3.74. The summed E-state index contributed by atoms with van der Waals surface area (Å²) in [5.41, 5.74) is 3.52. The molecule has 1 aliphatic heterocycles. The lowest BCUT2D eigenvalue weighted by Crippen LogP contribution is -2.08. The number of hydrogen-bond acceptors (Lipinski definition) is 3. The van der Waals surface area contributed by atoms with Gasteiger partial charge in [-0.05, 0) is 36.6 Å². The van der Waals surface area contributed by atoms with Gasteiger partial charge >= 0.3 is 0 Å². The number of ether oxygens (including phenoxy) is 1. The molecule has 0 fully saturated rings. The largest absolute Gasteiger partial charge is 0.493 e. The number of imidazole rings is 1. The highest BCUT2D eigenvalue weighted by atomic mass is 16.5. The normalized spacial score (nSPS) is 13.6. The Kier molecular flexibility index (Phi) is 2.52. The van der Waals surface area contributed by atoms with Gasteiger partial charge < -0.3 is 9.30 Å². The van der Waals surface area contributed by atoms with E-state index in [2.05, 4.69) is 17.1 Å². The number of hydrogen-bond donors (Lipinski definition) is 0. The fourth-order valence-electron chi connectivity index (χ4n) is 2.28. The van der Waals surface area contributed by atoms with Crippen LogP contribution in [0.4, 0.5) is 0 Å². The van der Waals surface area contributed by atoms with Crippen LogP contribution >= 0.6 is 0 Å². The minimum Gasteiger partial charge on any atom is -0.493 e. The van der Waals surface area contributed by atoms with Crippen molar-refractivity contribution in [3.8, 4) is 23.1 Å². The maximum Gasteiger partial charge on any atom is 0.147 e. The number of benzene rings is 1. The third-order valence-corrected chi connectivity index (χ3v) is 3.22. The molecule has 4 heteroatoms. The molecule has 3 rings (SSSR count). The number of nitriles is 1. The van der Waals surface area contributed by atoms with E-state index in [-0.39, 0.29) is 0 Å². The first-order chi connectivity index (χ1) is 8.79. The minimum absolute atomic E-state index is 0.590. The Hall–Kier alpha value is -2.28. The summed E-state index contributed by atoms with van der Waals surface area (Å²) in [4.78, 5) is 4.31. The standard InChI is InChI=1S/C14H13N3O/c1-17-9-16-14(12(17)8-15)11-4-5-13-10(7-11)3-2-6-18-13/h4-5,7,9H,2-3,6H2,1H3. The van der Waals surface area contributed by atoms with Crippen molar-refractivity contribution < 1.29 is 4.74 Å². The molecule has 90 valence electrons. The monoisotopic (exact) mass is 239 g/mol. The zero-order chi connectivity index (χ0) is 12.5. The van der Waals surface area contributed by atoms with Crippen molar-refractivity contribution in [2.75, 3.05) is 6.61 Å². The van der Waals surface area contributed by atoms with E-state index in [0.717, 1.165) is 36.5 Å². The number of aromatic nitrogens is 2. The fraction of sp³-hybridized carbons (Fsp3) is 0.286. The predicted molar refractivity (Wildman–Crippen MR) is 67.2 cm³/mol. The number of nitrogens with zero attached hydrogens (tertiary/aromatic N) is 3. The van der Waals surface area contributed by atoms with Gasteiger partial charge in [-0.1, -0.05) is 0 Å². The van der Waals surface area contributed by atoms with Crippen molar-refractivity contribution in [2.45, 2.75) is 12.8 Å². The van der Waals surface area contributed by atoms with Gasteiger partial charge in [-0.15, -0.1) is 0 Å². The average molecular weight is 239 g/mol. The molecule has 0 aliphatic carbocycles. The van der Waals surface area contributed by atoms with Crippen LogP contribution in [0, 0.1) is 11.3 Å². The van der Waals surface area contributed by atoms with Crippen molar-refractivity contribution in [3.63, 3.8) is 0 Å². The second-order valence-electron chi connectivity index (χ2n) is 4.44. The van der Waals surface area contributed by atoms with E-state index in [4.69, 9.17) is 10.00 Å². The summed E-state index contributed by atoms with van der Waals surface area (Å²) in [6, 6.07) is 8.21. The lowest BCUT2D eigenvalue weighted by Gasteiger charge is -2.17. The van der Waals surface area contributed by atoms with Crippen LogP contribution in [0.25, 0.3) is 11.3 Å². The number of aryl methyl sites for hydroxylation is 2. The molecule has 0 atom stereocenters. The van der Waals surface area contributed by atoms with Crippen LogP contribution in [0.15, 0.2) is 24.5 Å². The molecule has 0 spiro atoms. The van der Waals surface area contributed by atoms with Gasteiger partial charge in [-0.25, -0.2) is 4.98 Å². The third kappa shape index (κ3) is 1.65. The molecule has 0 saturated heterocycles. The van der Waals surface area contributed by atoms with Crippen LogP contribution in [0.2, 0.25) is 0 Å². The number of fused-ring (bicyclic) bond motifs is 1. The lowest BCUT2D eigenvalue weighted by molar-refractivity contribution is 0.288. The van der Waals surface area contributed by atoms with E-state index in [0.29, 0.717) is 5.69 Å². The highest BCUT2D eigenvalue weighted by Gasteiger charge is 2.15. The molecule has 0 amide bonds. The van der Waals surface area contributed by atoms with Gasteiger partial charge in [0.2, 0.25) is 0 Å². The molecular weight excluding hydrogens is 226 g/mol. The second kappa shape index (κ2) is 4.19. The summed E-state index contributed by atoms with van der Waals surface area (Å²) in [7, 11) is 1.83. The Bertz CT molecular complexity index is 637. The molecule has 1 aromatic carbocycles. The maximum absolute atomic E-state index is 9.15. The molecule has 0 saturated carbocycles. The molecule has 2 heterocycles. The number of rotatable bonds is 1. The smallest absolute Gasteiger partial charge is 0.147 e. The van der Waals surface area contributed by atoms with E-state index in [9.17, 15) is 0 Å². The summed E-state index contributed by atoms with van der Waals surface area (Å²) in [6.45, 7) is 0.791. The zero-order valence-electron chi connectivity index (χ0n) is 10.2. The highest BCUT2D eigenvalue weighted by Crippen LogP contribution is 2.30. The molecule has 4 nitrogen and oxygen atoms in total. The van der Waals surface area contributed by atoms with Crippen molar-refractivity contribution in [1.29, 1.82) is 5.26 Å². The van der Waals surface area contributed by atoms with Crippen molar-refractivity contribution >= 4 is 0 Å². The summed E-state index contributed by atoms with van der Waals surface area (Å²) in [5, 5.41) is 9.15. The second-order valence-corrected chi connectivity index (χ2v) is 4.44. The molecule has 0 bridgehead atoms.